The van der Waals surface area contributed by atoms with Crippen LogP contribution in [0.15, 0.2) is 58.3 Å². The third-order valence-electron chi connectivity index (χ3n) is 3.56. The van der Waals surface area contributed by atoms with Crippen LogP contribution in [0.2, 0.25) is 0 Å². The van der Waals surface area contributed by atoms with E-state index in [1.807, 2.05) is 31.2 Å². The first-order valence-corrected chi connectivity index (χ1v) is 10.9. The number of carbonyl (C=O) groups excluding carboxylic acids is 2. The lowest BCUT2D eigenvalue weighted by atomic mass is 10.2. The van der Waals surface area contributed by atoms with E-state index in [0.29, 0.717) is 5.69 Å². The molecule has 0 radical (unpaired) electrons. The van der Waals surface area contributed by atoms with Crippen LogP contribution >= 0.6 is 11.8 Å². The second-order valence-corrected chi connectivity index (χ2v) is 9.46. The topological polar surface area (TPSA) is 89.5 Å². The van der Waals surface area contributed by atoms with E-state index in [2.05, 4.69) is 5.32 Å². The summed E-state index contributed by atoms with van der Waals surface area (Å²) in [7, 11) is -3.37. The highest BCUT2D eigenvalue weighted by molar-refractivity contribution is 8.00. The zero-order valence-corrected chi connectivity index (χ0v) is 16.9. The number of hydrogen-bond acceptors (Lipinski definition) is 6. The Bertz CT molecular complexity index is 923. The largest absolute Gasteiger partial charge is 0.455 e. The van der Waals surface area contributed by atoms with Crippen molar-refractivity contribution in [2.75, 3.05) is 18.2 Å². The van der Waals surface area contributed by atoms with Gasteiger partial charge in [-0.15, -0.1) is 11.8 Å². The number of anilines is 1. The molecule has 0 aromatic heterocycles. The highest BCUT2D eigenvalue weighted by Gasteiger charge is 2.17. The number of amides is 1. The van der Waals surface area contributed by atoms with Gasteiger partial charge in [0, 0.05) is 16.8 Å². The fourth-order valence-electron chi connectivity index (χ4n) is 2.12. The second-order valence-electron chi connectivity index (χ2n) is 6.03. The van der Waals surface area contributed by atoms with Crippen molar-refractivity contribution in [2.24, 2.45) is 0 Å². The molecule has 2 aromatic rings. The maximum absolute atomic E-state index is 12.1. The van der Waals surface area contributed by atoms with Crippen LogP contribution in [0.3, 0.4) is 0 Å². The zero-order chi connectivity index (χ0) is 20.0. The van der Waals surface area contributed by atoms with E-state index in [1.54, 1.807) is 13.0 Å². The lowest BCUT2D eigenvalue weighted by Crippen LogP contribution is -2.24. The van der Waals surface area contributed by atoms with Gasteiger partial charge in [0.15, 0.2) is 16.4 Å². The zero-order valence-electron chi connectivity index (χ0n) is 15.3. The Balaban J connectivity index is 1.85. The third-order valence-corrected chi connectivity index (χ3v) is 5.76. The molecule has 0 saturated heterocycles. The summed E-state index contributed by atoms with van der Waals surface area (Å²) >= 11 is 1.35. The number of hydrogen-bond donors (Lipinski definition) is 1. The molecule has 0 aliphatic carbocycles. The first kappa shape index (κ1) is 21.0. The molecule has 0 heterocycles. The minimum Gasteiger partial charge on any atom is -0.455 e. The lowest BCUT2D eigenvalue weighted by Gasteiger charge is -2.12. The predicted molar refractivity (Wildman–Crippen MR) is 106 cm³/mol. The molecule has 0 fully saturated rings. The van der Waals surface area contributed by atoms with Crippen LogP contribution in [0.5, 0.6) is 0 Å². The van der Waals surface area contributed by atoms with Crippen LogP contribution in [0, 0.1) is 6.92 Å². The highest BCUT2D eigenvalue weighted by atomic mass is 32.2. The smallest absolute Gasteiger partial charge is 0.319 e. The van der Waals surface area contributed by atoms with Crippen molar-refractivity contribution in [1.29, 1.82) is 0 Å². The molecule has 0 spiro atoms. The Morgan fingerprint density at radius 2 is 1.81 bits per heavy atom. The number of nitrogens with one attached hydrogen (secondary N) is 1. The van der Waals surface area contributed by atoms with E-state index >= 15 is 0 Å². The van der Waals surface area contributed by atoms with Crippen molar-refractivity contribution >= 4 is 39.2 Å². The van der Waals surface area contributed by atoms with Gasteiger partial charge in [0.1, 0.15) is 5.25 Å². The molecule has 0 aliphatic rings. The Morgan fingerprint density at radius 1 is 1.15 bits per heavy atom. The maximum atomic E-state index is 12.1. The van der Waals surface area contributed by atoms with Crippen LogP contribution in [0.4, 0.5) is 5.69 Å². The van der Waals surface area contributed by atoms with E-state index in [1.165, 1.54) is 30.0 Å². The molecule has 1 N–H and O–H groups in total. The fraction of sp³-hybridized carbons (Fsp3) is 0.263. The molecule has 1 atom stereocenters. The Kier molecular flexibility index (Phi) is 7.04. The summed E-state index contributed by atoms with van der Waals surface area (Å²) in [5, 5.41) is 2.05. The number of rotatable bonds is 7. The first-order valence-electron chi connectivity index (χ1n) is 8.15. The van der Waals surface area contributed by atoms with Crippen molar-refractivity contribution in [3.8, 4) is 0 Å². The average Bonchev–Trinajstić information content (AvgIpc) is 2.61. The van der Waals surface area contributed by atoms with Crippen molar-refractivity contribution in [2.45, 2.75) is 28.9 Å². The number of sulfone groups is 1. The van der Waals surface area contributed by atoms with Crippen LogP contribution in [0.25, 0.3) is 0 Å². The standard InChI is InChI=1S/C19H21NO5S2/c1-13-7-9-16(10-8-13)26-14(2)19(22)25-12-18(21)20-15-5-4-6-17(11-15)27(3,23)24/h4-11,14H,12H2,1-3H3,(H,20,21)/t14-/m0/s1. The molecule has 27 heavy (non-hydrogen) atoms. The van der Waals surface area contributed by atoms with Gasteiger partial charge in [-0.3, -0.25) is 9.59 Å². The van der Waals surface area contributed by atoms with E-state index < -0.39 is 33.6 Å². The van der Waals surface area contributed by atoms with Gasteiger partial charge in [0.05, 0.1) is 4.90 Å². The summed E-state index contributed by atoms with van der Waals surface area (Å²) in [6.07, 6.45) is 1.09. The molecule has 0 unspecified atom stereocenters. The van der Waals surface area contributed by atoms with E-state index in [0.717, 1.165) is 16.7 Å². The van der Waals surface area contributed by atoms with Gasteiger partial charge in [-0.05, 0) is 44.2 Å². The van der Waals surface area contributed by atoms with Crippen molar-refractivity contribution in [3.05, 3.63) is 54.1 Å². The SMILES string of the molecule is Cc1ccc(S[C@@H](C)C(=O)OCC(=O)Nc2cccc(S(C)(=O)=O)c2)cc1. The average molecular weight is 408 g/mol. The Hall–Kier alpha value is -2.32. The minimum absolute atomic E-state index is 0.0976. The fourth-order valence-corrected chi connectivity index (χ4v) is 3.66. The Morgan fingerprint density at radius 3 is 2.44 bits per heavy atom. The summed E-state index contributed by atoms with van der Waals surface area (Å²) < 4.78 is 28.1. The number of esters is 1. The van der Waals surface area contributed by atoms with Gasteiger partial charge >= 0.3 is 5.97 Å². The normalized spacial score (nSPS) is 12.3. The maximum Gasteiger partial charge on any atom is 0.319 e. The van der Waals surface area contributed by atoms with Crippen molar-refractivity contribution < 1.29 is 22.7 Å². The summed E-state index contributed by atoms with van der Waals surface area (Å²) in [4.78, 5) is 25.0. The van der Waals surface area contributed by atoms with Gasteiger partial charge < -0.3 is 10.1 Å². The molecule has 8 heteroatoms. The molecule has 2 rings (SSSR count). The molecular weight excluding hydrogens is 386 g/mol. The van der Waals surface area contributed by atoms with Crippen LogP contribution < -0.4 is 5.32 Å². The summed E-state index contributed by atoms with van der Waals surface area (Å²) in [6.45, 7) is 3.25. The molecule has 0 saturated carbocycles. The highest BCUT2D eigenvalue weighted by Crippen LogP contribution is 2.24. The number of carbonyl (C=O) groups is 2. The second kappa shape index (κ2) is 9.05. The molecule has 0 bridgehead atoms. The number of benzene rings is 2. The van der Waals surface area contributed by atoms with E-state index in [4.69, 9.17) is 4.74 Å². The number of aryl methyl sites for hydroxylation is 1. The van der Waals surface area contributed by atoms with Crippen LogP contribution in [-0.2, 0) is 24.2 Å². The van der Waals surface area contributed by atoms with E-state index in [-0.39, 0.29) is 4.90 Å². The van der Waals surface area contributed by atoms with Gasteiger partial charge in [-0.1, -0.05) is 23.8 Å². The summed E-state index contributed by atoms with van der Waals surface area (Å²) in [5.41, 5.74) is 1.45. The van der Waals surface area contributed by atoms with Crippen LogP contribution in [-0.4, -0.2) is 38.4 Å². The Labute approximate surface area is 163 Å². The van der Waals surface area contributed by atoms with Gasteiger partial charge in [0.25, 0.3) is 5.91 Å². The summed E-state index contributed by atoms with van der Waals surface area (Å²) in [5.74, 6) is -1.04. The lowest BCUT2D eigenvalue weighted by molar-refractivity contribution is -0.146. The first-order chi connectivity index (χ1) is 12.6. The monoisotopic (exact) mass is 407 g/mol. The number of ether oxygens (including phenoxy) is 1. The molecule has 0 aliphatic heterocycles. The quantitative estimate of drug-likeness (QED) is 0.560. The molecule has 6 nitrogen and oxygen atoms in total. The molecule has 144 valence electrons. The van der Waals surface area contributed by atoms with Crippen molar-refractivity contribution in [1.82, 2.24) is 0 Å². The van der Waals surface area contributed by atoms with Crippen molar-refractivity contribution in [3.63, 3.8) is 0 Å². The van der Waals surface area contributed by atoms with Gasteiger partial charge in [-0.2, -0.15) is 0 Å². The molecule has 1 amide bonds. The van der Waals surface area contributed by atoms with Crippen LogP contribution in [0.1, 0.15) is 12.5 Å². The predicted octanol–water partition coefficient (Wildman–Crippen LogP) is 3.06. The van der Waals surface area contributed by atoms with Gasteiger partial charge in [-0.25, -0.2) is 8.42 Å². The number of thioether (sulfide) groups is 1. The molecular formula is C19H21NO5S2. The third kappa shape index (κ3) is 6.73. The minimum atomic E-state index is -3.37. The summed E-state index contributed by atoms with van der Waals surface area (Å²) in [6, 6.07) is 13.6. The van der Waals surface area contributed by atoms with E-state index in [9.17, 15) is 18.0 Å². The molecule has 2 aromatic carbocycles. The van der Waals surface area contributed by atoms with Gasteiger partial charge in [0.2, 0.25) is 0 Å².